The first-order valence-electron chi connectivity index (χ1n) is 5.87. The van der Waals surface area contributed by atoms with Crippen LogP contribution in [0.15, 0.2) is 18.2 Å². The summed E-state index contributed by atoms with van der Waals surface area (Å²) in [7, 11) is 1.43. The van der Waals surface area contributed by atoms with Gasteiger partial charge >= 0.3 is 0 Å². The number of hydrogen-bond donors (Lipinski definition) is 0. The average molecular weight is 242 g/mol. The predicted octanol–water partition coefficient (Wildman–Crippen LogP) is 4.57. The van der Waals surface area contributed by atoms with Crippen LogP contribution in [0, 0.1) is 5.92 Å². The normalized spacial score (nSPS) is 12.3. The Morgan fingerprint density at radius 3 is 2.12 bits per heavy atom. The molecule has 0 aliphatic rings. The van der Waals surface area contributed by atoms with E-state index in [4.69, 9.17) is 4.74 Å². The van der Waals surface area contributed by atoms with E-state index in [1.54, 1.807) is 12.1 Å². The molecule has 0 N–H and O–H groups in total. The quantitative estimate of drug-likeness (QED) is 0.751. The monoisotopic (exact) mass is 242 g/mol. The van der Waals surface area contributed by atoms with Crippen LogP contribution in [0.3, 0.4) is 0 Å². The minimum Gasteiger partial charge on any atom is -0.496 e. The highest BCUT2D eigenvalue weighted by Gasteiger charge is 2.38. The average Bonchev–Trinajstić information content (AvgIpc) is 2.27. The molecule has 0 saturated heterocycles. The van der Waals surface area contributed by atoms with E-state index in [0.717, 1.165) is 5.56 Å². The lowest BCUT2D eigenvalue weighted by Crippen LogP contribution is -2.21. The van der Waals surface area contributed by atoms with Gasteiger partial charge in [-0.3, -0.25) is 0 Å². The number of hydrogen-bond acceptors (Lipinski definition) is 1. The van der Waals surface area contributed by atoms with Crippen LogP contribution in [0.4, 0.5) is 8.78 Å². The van der Waals surface area contributed by atoms with Gasteiger partial charge in [-0.2, -0.15) is 0 Å². The Balaban J connectivity index is 3.26. The fraction of sp³-hybridized carbons (Fsp3) is 0.571. The molecule has 1 aromatic carbocycles. The maximum atomic E-state index is 14.0. The lowest BCUT2D eigenvalue weighted by Gasteiger charge is -2.23. The molecule has 1 nitrogen and oxygen atoms in total. The number of halogens is 2. The molecule has 3 heteroatoms. The summed E-state index contributed by atoms with van der Waals surface area (Å²) < 4.78 is 33.1. The standard InChI is InChI=1S/C14H20F2O/c1-9(2)11-6-7-12(13(8-11)17-5)14(15,16)10(3)4/h6-10H,1-5H3. The SMILES string of the molecule is COc1cc(C(C)C)ccc1C(F)(F)C(C)C. The first-order valence-corrected chi connectivity index (χ1v) is 5.87. The maximum absolute atomic E-state index is 14.0. The number of benzene rings is 1. The molecule has 0 spiro atoms. The zero-order chi connectivity index (χ0) is 13.2. The molecule has 0 radical (unpaired) electrons. The van der Waals surface area contributed by atoms with Gasteiger partial charge in [-0.15, -0.1) is 0 Å². The summed E-state index contributed by atoms with van der Waals surface area (Å²) in [5.74, 6) is -3.04. The second-order valence-corrected chi connectivity index (χ2v) is 4.89. The lowest BCUT2D eigenvalue weighted by atomic mass is 9.93. The topological polar surface area (TPSA) is 9.23 Å². The molecule has 0 aromatic heterocycles. The van der Waals surface area contributed by atoms with Crippen molar-refractivity contribution in [1.29, 1.82) is 0 Å². The summed E-state index contributed by atoms with van der Waals surface area (Å²) in [5.41, 5.74) is 0.976. The Bertz CT molecular complexity index is 384. The molecule has 0 atom stereocenters. The summed E-state index contributed by atoms with van der Waals surface area (Å²) in [6.45, 7) is 7.07. The van der Waals surface area contributed by atoms with Crippen molar-refractivity contribution in [2.45, 2.75) is 39.5 Å². The van der Waals surface area contributed by atoms with Crippen LogP contribution in [-0.4, -0.2) is 7.11 Å². The molecule has 1 rings (SSSR count). The highest BCUT2D eigenvalue weighted by Crippen LogP contribution is 2.41. The van der Waals surface area contributed by atoms with E-state index in [1.807, 2.05) is 13.8 Å². The van der Waals surface area contributed by atoms with Crippen molar-refractivity contribution < 1.29 is 13.5 Å². The number of alkyl halides is 2. The van der Waals surface area contributed by atoms with Gasteiger partial charge in [0.05, 0.1) is 12.7 Å². The van der Waals surface area contributed by atoms with E-state index in [-0.39, 0.29) is 11.3 Å². The van der Waals surface area contributed by atoms with Crippen LogP contribution >= 0.6 is 0 Å². The summed E-state index contributed by atoms with van der Waals surface area (Å²) in [6, 6.07) is 4.93. The number of rotatable bonds is 4. The summed E-state index contributed by atoms with van der Waals surface area (Å²) in [6.07, 6.45) is 0. The van der Waals surface area contributed by atoms with Crippen molar-refractivity contribution in [1.82, 2.24) is 0 Å². The molecule has 0 bridgehead atoms. The minimum absolute atomic E-state index is 0.0283. The predicted molar refractivity (Wildman–Crippen MR) is 65.8 cm³/mol. The van der Waals surface area contributed by atoms with Gasteiger partial charge in [0.15, 0.2) is 0 Å². The molecule has 0 aliphatic carbocycles. The molecular weight excluding hydrogens is 222 g/mol. The van der Waals surface area contributed by atoms with Gasteiger partial charge in [0.1, 0.15) is 5.75 Å². The first kappa shape index (κ1) is 13.9. The van der Waals surface area contributed by atoms with Crippen molar-refractivity contribution in [3.05, 3.63) is 29.3 Å². The van der Waals surface area contributed by atoms with Crippen LogP contribution in [0.1, 0.15) is 44.7 Å². The van der Waals surface area contributed by atoms with Gasteiger partial charge in [-0.25, -0.2) is 8.78 Å². The fourth-order valence-electron chi connectivity index (χ4n) is 1.65. The smallest absolute Gasteiger partial charge is 0.279 e. The molecule has 0 saturated carbocycles. The Kier molecular flexibility index (Phi) is 4.12. The van der Waals surface area contributed by atoms with Gasteiger partial charge in [-0.1, -0.05) is 33.8 Å². The summed E-state index contributed by atoms with van der Waals surface area (Å²) in [5, 5.41) is 0. The van der Waals surface area contributed by atoms with Crippen LogP contribution in [0.25, 0.3) is 0 Å². The molecule has 1 aromatic rings. The van der Waals surface area contributed by atoms with E-state index in [1.165, 1.54) is 27.0 Å². The molecular formula is C14H20F2O. The third kappa shape index (κ3) is 2.76. The van der Waals surface area contributed by atoms with Crippen molar-refractivity contribution >= 4 is 0 Å². The van der Waals surface area contributed by atoms with Crippen molar-refractivity contribution in [3.63, 3.8) is 0 Å². The molecule has 96 valence electrons. The first-order chi connectivity index (χ1) is 7.80. The fourth-order valence-corrected chi connectivity index (χ4v) is 1.65. The Morgan fingerprint density at radius 2 is 1.71 bits per heavy atom. The van der Waals surface area contributed by atoms with Gasteiger partial charge in [-0.05, 0) is 23.6 Å². The van der Waals surface area contributed by atoms with E-state index in [9.17, 15) is 8.78 Å². The van der Waals surface area contributed by atoms with Crippen LogP contribution in [0.5, 0.6) is 5.75 Å². The molecule has 0 aliphatic heterocycles. The molecule has 0 heterocycles. The van der Waals surface area contributed by atoms with Gasteiger partial charge in [0.2, 0.25) is 0 Å². The van der Waals surface area contributed by atoms with Gasteiger partial charge in [0, 0.05) is 5.92 Å². The van der Waals surface area contributed by atoms with E-state index < -0.39 is 11.8 Å². The van der Waals surface area contributed by atoms with E-state index >= 15 is 0 Å². The Labute approximate surface area is 102 Å². The lowest BCUT2D eigenvalue weighted by molar-refractivity contribution is -0.0531. The third-order valence-electron chi connectivity index (χ3n) is 2.98. The molecule has 0 unspecified atom stereocenters. The van der Waals surface area contributed by atoms with E-state index in [0.29, 0.717) is 5.92 Å². The van der Waals surface area contributed by atoms with Gasteiger partial charge in [0.25, 0.3) is 5.92 Å². The second kappa shape index (κ2) is 5.03. The largest absolute Gasteiger partial charge is 0.496 e. The highest BCUT2D eigenvalue weighted by molar-refractivity contribution is 5.41. The Hall–Kier alpha value is -1.12. The van der Waals surface area contributed by atoms with Crippen LogP contribution in [-0.2, 0) is 5.92 Å². The zero-order valence-corrected chi connectivity index (χ0v) is 11.1. The zero-order valence-electron chi connectivity index (χ0n) is 11.1. The number of methoxy groups -OCH3 is 1. The third-order valence-corrected chi connectivity index (χ3v) is 2.98. The van der Waals surface area contributed by atoms with Crippen molar-refractivity contribution in [2.75, 3.05) is 7.11 Å². The van der Waals surface area contributed by atoms with Gasteiger partial charge < -0.3 is 4.74 Å². The minimum atomic E-state index is -2.86. The molecule has 0 fully saturated rings. The highest BCUT2D eigenvalue weighted by atomic mass is 19.3. The number of ether oxygens (including phenoxy) is 1. The molecule has 0 amide bonds. The van der Waals surface area contributed by atoms with Crippen molar-refractivity contribution in [3.8, 4) is 5.75 Å². The molecule has 17 heavy (non-hydrogen) atoms. The summed E-state index contributed by atoms with van der Waals surface area (Å²) >= 11 is 0. The summed E-state index contributed by atoms with van der Waals surface area (Å²) in [4.78, 5) is 0. The van der Waals surface area contributed by atoms with Crippen LogP contribution in [0.2, 0.25) is 0 Å². The maximum Gasteiger partial charge on any atom is 0.279 e. The second-order valence-electron chi connectivity index (χ2n) is 4.89. The van der Waals surface area contributed by atoms with E-state index in [2.05, 4.69) is 0 Å². The van der Waals surface area contributed by atoms with Crippen molar-refractivity contribution in [2.24, 2.45) is 5.92 Å². The van der Waals surface area contributed by atoms with Crippen LogP contribution < -0.4 is 4.74 Å². The Morgan fingerprint density at radius 1 is 1.12 bits per heavy atom.